The lowest BCUT2D eigenvalue weighted by molar-refractivity contribution is -0.123. The Bertz CT molecular complexity index is 1530. The van der Waals surface area contributed by atoms with E-state index >= 15 is 0 Å². The number of H-pyrrole nitrogens is 1. The van der Waals surface area contributed by atoms with Crippen LogP contribution in [0.25, 0.3) is 0 Å². The van der Waals surface area contributed by atoms with Crippen LogP contribution in [0.3, 0.4) is 0 Å². The minimum absolute atomic E-state index is 0.00469. The van der Waals surface area contributed by atoms with Gasteiger partial charge in [0.05, 0.1) is 34.7 Å². The van der Waals surface area contributed by atoms with Gasteiger partial charge in [-0.05, 0) is 73.1 Å². The standard InChI is InChI=1S/C28H23BrN2O5S2/c1-2-36-27(34)13-5-9-15(10-6-13)31-25(32)20-16-11-17(21(20)26(31)33)22-19(16)18(12-3-7-14(29)8-4-12)23-24(37-22)30-28(35)38-23/h3-10,16-22H,2,11H2,1H3,(H,30,35)/t16-,17-,18+,19+,20+,21+,22-/m1/s1. The highest BCUT2D eigenvalue weighted by atomic mass is 79.9. The Morgan fingerprint density at radius 2 is 1.71 bits per heavy atom. The van der Waals surface area contributed by atoms with Crippen LogP contribution in [-0.2, 0) is 14.3 Å². The van der Waals surface area contributed by atoms with Gasteiger partial charge in [0.1, 0.15) is 0 Å². The largest absolute Gasteiger partial charge is 0.462 e. The molecule has 1 saturated heterocycles. The second-order valence-electron chi connectivity index (χ2n) is 10.3. The molecule has 2 aromatic carbocycles. The monoisotopic (exact) mass is 610 g/mol. The van der Waals surface area contributed by atoms with Crippen LogP contribution in [0, 0.1) is 29.6 Å². The number of esters is 1. The lowest BCUT2D eigenvalue weighted by atomic mass is 9.68. The molecule has 0 radical (unpaired) electrons. The molecule has 7 atom stereocenters. The third-order valence-corrected chi connectivity index (χ3v) is 11.7. The van der Waals surface area contributed by atoms with Gasteiger partial charge >= 0.3 is 10.8 Å². The Balaban J connectivity index is 1.25. The fourth-order valence-electron chi connectivity index (χ4n) is 7.28. The fourth-order valence-corrected chi connectivity index (χ4v) is 10.4. The number of anilines is 1. The predicted molar refractivity (Wildman–Crippen MR) is 148 cm³/mol. The van der Waals surface area contributed by atoms with Crippen molar-refractivity contribution in [2.45, 2.75) is 29.5 Å². The van der Waals surface area contributed by atoms with Crippen molar-refractivity contribution in [1.29, 1.82) is 0 Å². The number of benzene rings is 2. The SMILES string of the molecule is CCOC(=O)c1ccc(N2C(=O)[C@H]3[C@H]4C[C@@H]([C@@H]3C2=O)[C@H]2[C@H](c3ccc(Br)cc3)c3sc(=O)[nH]c3S[C@H]42)cc1. The quantitative estimate of drug-likeness (QED) is 0.328. The molecule has 2 amide bonds. The zero-order valence-electron chi connectivity index (χ0n) is 20.3. The number of nitrogens with one attached hydrogen (secondary N) is 1. The Kier molecular flexibility index (Phi) is 5.72. The van der Waals surface area contributed by atoms with Crippen molar-refractivity contribution >= 4 is 62.5 Å². The second-order valence-corrected chi connectivity index (χ2v) is 13.4. The molecule has 7 nitrogen and oxygen atoms in total. The summed E-state index contributed by atoms with van der Waals surface area (Å²) in [6, 6.07) is 14.7. The summed E-state index contributed by atoms with van der Waals surface area (Å²) in [4.78, 5) is 57.4. The first-order chi connectivity index (χ1) is 18.4. The zero-order valence-corrected chi connectivity index (χ0v) is 23.5. The van der Waals surface area contributed by atoms with E-state index in [-0.39, 0.29) is 64.1 Å². The summed E-state index contributed by atoms with van der Waals surface area (Å²) in [6.07, 6.45) is 0.844. The molecule has 2 bridgehead atoms. The van der Waals surface area contributed by atoms with E-state index in [4.69, 9.17) is 4.74 Å². The van der Waals surface area contributed by atoms with Crippen molar-refractivity contribution in [3.63, 3.8) is 0 Å². The number of aromatic nitrogens is 1. The first kappa shape index (κ1) is 24.4. The van der Waals surface area contributed by atoms with E-state index in [2.05, 4.69) is 33.0 Å². The minimum atomic E-state index is -0.432. The molecule has 10 heteroatoms. The number of thioether (sulfide) groups is 1. The Hall–Kier alpha value is -2.69. The van der Waals surface area contributed by atoms with Crippen LogP contribution < -0.4 is 9.77 Å². The van der Waals surface area contributed by atoms with Crippen molar-refractivity contribution in [3.8, 4) is 0 Å². The van der Waals surface area contributed by atoms with Crippen LogP contribution in [0.5, 0.6) is 0 Å². The van der Waals surface area contributed by atoms with Crippen molar-refractivity contribution in [2.24, 2.45) is 29.6 Å². The summed E-state index contributed by atoms with van der Waals surface area (Å²) < 4.78 is 6.04. The lowest BCUT2D eigenvalue weighted by Gasteiger charge is -2.43. The lowest BCUT2D eigenvalue weighted by Crippen LogP contribution is -2.42. The number of hydrogen-bond donors (Lipinski definition) is 1. The normalized spacial score (nSPS) is 30.8. The molecule has 194 valence electrons. The average Bonchev–Trinajstić information content (AvgIpc) is 3.64. The van der Waals surface area contributed by atoms with E-state index in [0.29, 0.717) is 11.3 Å². The van der Waals surface area contributed by atoms with Crippen molar-refractivity contribution in [3.05, 3.63) is 78.7 Å². The van der Waals surface area contributed by atoms with E-state index in [9.17, 15) is 19.2 Å². The molecule has 2 saturated carbocycles. The van der Waals surface area contributed by atoms with Gasteiger partial charge in [-0.15, -0.1) is 11.8 Å². The predicted octanol–water partition coefficient (Wildman–Crippen LogP) is 5.05. The highest BCUT2D eigenvalue weighted by Gasteiger charge is 2.69. The molecule has 7 rings (SSSR count). The number of ether oxygens (including phenoxy) is 1. The number of hydrogen-bond acceptors (Lipinski definition) is 7. The highest BCUT2D eigenvalue weighted by molar-refractivity contribution is 9.10. The number of halogens is 1. The first-order valence-electron chi connectivity index (χ1n) is 12.7. The molecular weight excluding hydrogens is 588 g/mol. The number of carbonyl (C=O) groups is 3. The van der Waals surface area contributed by atoms with Crippen molar-refractivity contribution in [1.82, 2.24) is 4.98 Å². The average molecular weight is 612 g/mol. The van der Waals surface area contributed by atoms with Crippen LogP contribution in [0.15, 0.2) is 62.8 Å². The summed E-state index contributed by atoms with van der Waals surface area (Å²) in [5.41, 5.74) is 2.01. The smallest absolute Gasteiger partial charge is 0.338 e. The zero-order chi connectivity index (χ0) is 26.3. The summed E-state index contributed by atoms with van der Waals surface area (Å²) in [5, 5.41) is 1.05. The molecule has 0 spiro atoms. The van der Waals surface area contributed by atoms with Crippen LogP contribution >= 0.6 is 39.0 Å². The number of nitrogens with zero attached hydrogens (tertiary/aromatic N) is 1. The summed E-state index contributed by atoms with van der Waals surface area (Å²) >= 11 is 6.47. The van der Waals surface area contributed by atoms with E-state index < -0.39 is 5.97 Å². The van der Waals surface area contributed by atoms with Gasteiger partial charge in [-0.1, -0.05) is 39.4 Å². The topological polar surface area (TPSA) is 96.5 Å². The number of carbonyl (C=O) groups excluding carboxylic acids is 3. The Morgan fingerprint density at radius 1 is 1.03 bits per heavy atom. The Labute approximate surface area is 235 Å². The molecule has 3 aromatic rings. The second kappa shape index (κ2) is 8.93. The molecule has 0 unspecified atom stereocenters. The van der Waals surface area contributed by atoms with Crippen molar-refractivity contribution < 1.29 is 19.1 Å². The number of rotatable bonds is 4. The molecule has 3 heterocycles. The molecule has 3 fully saturated rings. The fraction of sp³-hybridized carbons (Fsp3) is 0.357. The maximum absolute atomic E-state index is 13.9. The first-order valence-corrected chi connectivity index (χ1v) is 15.2. The third-order valence-electron chi connectivity index (χ3n) is 8.59. The minimum Gasteiger partial charge on any atom is -0.462 e. The summed E-state index contributed by atoms with van der Waals surface area (Å²) in [6.45, 7) is 2.02. The van der Waals surface area contributed by atoms with Crippen LogP contribution in [-0.4, -0.2) is 34.6 Å². The molecular formula is C28H23BrN2O5S2. The number of thiazole rings is 1. The van der Waals surface area contributed by atoms with Gasteiger partial charge in [-0.2, -0.15) is 0 Å². The van der Waals surface area contributed by atoms with Gasteiger partial charge in [-0.25, -0.2) is 4.79 Å². The number of imide groups is 1. The molecule has 1 aromatic heterocycles. The maximum Gasteiger partial charge on any atom is 0.338 e. The van der Waals surface area contributed by atoms with E-state index in [1.807, 2.05) is 12.1 Å². The van der Waals surface area contributed by atoms with Crippen LogP contribution in [0.4, 0.5) is 5.69 Å². The maximum atomic E-state index is 13.9. The molecule has 38 heavy (non-hydrogen) atoms. The van der Waals surface area contributed by atoms with E-state index in [1.165, 1.54) is 16.2 Å². The number of aromatic amines is 1. The van der Waals surface area contributed by atoms with Gasteiger partial charge in [-0.3, -0.25) is 19.3 Å². The molecule has 1 N–H and O–H groups in total. The van der Waals surface area contributed by atoms with Crippen LogP contribution in [0.2, 0.25) is 0 Å². The molecule has 4 aliphatic rings. The highest BCUT2D eigenvalue weighted by Crippen LogP contribution is 2.68. The number of fused-ring (bicyclic) bond motifs is 9. The number of amides is 2. The van der Waals surface area contributed by atoms with Gasteiger partial charge in [0.15, 0.2) is 0 Å². The van der Waals surface area contributed by atoms with Crippen LogP contribution in [0.1, 0.15) is 40.1 Å². The summed E-state index contributed by atoms with van der Waals surface area (Å²) in [5.74, 6) is -1.17. The third kappa shape index (κ3) is 3.46. The van der Waals surface area contributed by atoms with Gasteiger partial charge < -0.3 is 9.72 Å². The molecule has 2 aliphatic carbocycles. The molecule has 2 aliphatic heterocycles. The van der Waals surface area contributed by atoms with Gasteiger partial charge in [0.25, 0.3) is 0 Å². The van der Waals surface area contributed by atoms with Gasteiger partial charge in [0, 0.05) is 20.5 Å². The summed E-state index contributed by atoms with van der Waals surface area (Å²) in [7, 11) is 0. The van der Waals surface area contributed by atoms with Gasteiger partial charge in [0.2, 0.25) is 11.8 Å². The van der Waals surface area contributed by atoms with E-state index in [0.717, 1.165) is 26.4 Å². The van der Waals surface area contributed by atoms with E-state index in [1.54, 1.807) is 43.0 Å². The Morgan fingerprint density at radius 3 is 2.39 bits per heavy atom. The van der Waals surface area contributed by atoms with Crippen molar-refractivity contribution in [2.75, 3.05) is 11.5 Å².